The number of carbonyl (C=O) groups is 1. The van der Waals surface area contributed by atoms with Gasteiger partial charge in [0.2, 0.25) is 0 Å². The fraction of sp³-hybridized carbons (Fsp3) is 0.417. The van der Waals surface area contributed by atoms with Gasteiger partial charge in [-0.05, 0) is 31.2 Å². The smallest absolute Gasteiger partial charge is 0.409 e. The first-order valence-corrected chi connectivity index (χ1v) is 6.55. The van der Waals surface area contributed by atoms with Gasteiger partial charge in [-0.15, -0.1) is 0 Å². The maximum Gasteiger partial charge on any atom is 0.415 e. The van der Waals surface area contributed by atoms with Crippen molar-refractivity contribution in [3.63, 3.8) is 0 Å². The van der Waals surface area contributed by atoms with E-state index in [1.807, 2.05) is 0 Å². The van der Waals surface area contributed by atoms with E-state index in [0.29, 0.717) is 28.9 Å². The fourth-order valence-corrected chi connectivity index (χ4v) is 2.19. The van der Waals surface area contributed by atoms with E-state index >= 15 is 0 Å². The van der Waals surface area contributed by atoms with E-state index in [4.69, 9.17) is 27.9 Å². The van der Waals surface area contributed by atoms with Crippen LogP contribution in [0.3, 0.4) is 0 Å². The maximum absolute atomic E-state index is 11.9. The molecule has 0 aliphatic carbocycles. The molecule has 0 saturated carbocycles. The molecular weight excluding hydrogens is 275 g/mol. The number of benzene rings is 1. The molecule has 1 aromatic carbocycles. The van der Waals surface area contributed by atoms with Crippen LogP contribution < -0.4 is 10.1 Å². The molecule has 1 aliphatic heterocycles. The third-order valence-corrected chi connectivity index (χ3v) is 3.22. The van der Waals surface area contributed by atoms with Crippen molar-refractivity contribution in [1.29, 1.82) is 0 Å². The number of nitrogens with one attached hydrogen (secondary N) is 1. The zero-order valence-corrected chi connectivity index (χ0v) is 11.3. The molecule has 1 heterocycles. The molecule has 4 nitrogen and oxygen atoms in total. The Morgan fingerprint density at radius 3 is 2.89 bits per heavy atom. The van der Waals surface area contributed by atoms with Crippen LogP contribution in [0.25, 0.3) is 0 Å². The van der Waals surface area contributed by atoms with Crippen LogP contribution in [0.2, 0.25) is 10.0 Å². The molecule has 0 unspecified atom stereocenters. The van der Waals surface area contributed by atoms with E-state index in [2.05, 4.69) is 5.32 Å². The highest BCUT2D eigenvalue weighted by atomic mass is 35.5. The van der Waals surface area contributed by atoms with Gasteiger partial charge in [-0.2, -0.15) is 0 Å². The maximum atomic E-state index is 11.9. The van der Waals surface area contributed by atoms with E-state index in [9.17, 15) is 4.79 Å². The van der Waals surface area contributed by atoms with Crippen LogP contribution in [0.1, 0.15) is 6.42 Å². The van der Waals surface area contributed by atoms with Gasteiger partial charge in [-0.25, -0.2) is 4.79 Å². The second-order valence-electron chi connectivity index (χ2n) is 4.03. The summed E-state index contributed by atoms with van der Waals surface area (Å²) in [6.07, 6.45) is 0.548. The molecule has 1 aromatic rings. The second-order valence-corrected chi connectivity index (χ2v) is 4.88. The van der Waals surface area contributed by atoms with Crippen molar-refractivity contribution in [2.45, 2.75) is 6.42 Å². The molecule has 0 radical (unpaired) electrons. The number of nitrogens with zero attached hydrogens (tertiary/aromatic N) is 1. The van der Waals surface area contributed by atoms with Crippen molar-refractivity contribution in [3.05, 3.63) is 28.2 Å². The molecule has 0 bridgehead atoms. The molecule has 1 aliphatic rings. The Hall–Kier alpha value is -0.970. The van der Waals surface area contributed by atoms with Gasteiger partial charge in [-0.3, -0.25) is 0 Å². The number of ether oxygens (including phenoxy) is 1. The minimum atomic E-state index is -0.372. The number of hydrogen-bond donors (Lipinski definition) is 1. The standard InChI is InChI=1S/C12H14Cl2N2O2/c13-9-2-3-11(10(14)8-9)18-12(17)16-6-1-4-15-5-7-16/h2-3,8,15H,1,4-7H2. The zero-order chi connectivity index (χ0) is 13.0. The SMILES string of the molecule is O=C(Oc1ccc(Cl)cc1Cl)N1CCCNCC1. The highest BCUT2D eigenvalue weighted by Crippen LogP contribution is 2.27. The molecule has 1 amide bonds. The Balaban J connectivity index is 2.01. The van der Waals surface area contributed by atoms with Crippen LogP contribution in [-0.2, 0) is 0 Å². The van der Waals surface area contributed by atoms with Crippen molar-refractivity contribution < 1.29 is 9.53 Å². The van der Waals surface area contributed by atoms with Crippen LogP contribution in [0.15, 0.2) is 18.2 Å². The number of hydrogen-bond acceptors (Lipinski definition) is 3. The number of rotatable bonds is 1. The van der Waals surface area contributed by atoms with Gasteiger partial charge in [0.05, 0.1) is 5.02 Å². The van der Waals surface area contributed by atoms with Crippen LogP contribution in [0.5, 0.6) is 5.75 Å². The monoisotopic (exact) mass is 288 g/mol. The predicted octanol–water partition coefficient (Wildman–Crippen LogP) is 2.79. The molecule has 6 heteroatoms. The summed E-state index contributed by atoms with van der Waals surface area (Å²) in [6.45, 7) is 3.04. The van der Waals surface area contributed by atoms with E-state index in [-0.39, 0.29) is 6.09 Å². The zero-order valence-electron chi connectivity index (χ0n) is 9.79. The predicted molar refractivity (Wildman–Crippen MR) is 71.5 cm³/mol. The first kappa shape index (κ1) is 13.5. The summed E-state index contributed by atoms with van der Waals surface area (Å²) in [6, 6.07) is 4.79. The van der Waals surface area contributed by atoms with E-state index < -0.39 is 0 Å². The van der Waals surface area contributed by atoms with Crippen molar-refractivity contribution >= 4 is 29.3 Å². The lowest BCUT2D eigenvalue weighted by molar-refractivity contribution is 0.155. The summed E-state index contributed by atoms with van der Waals surface area (Å²) in [5, 5.41) is 4.07. The minimum absolute atomic E-state index is 0.336. The molecule has 1 N–H and O–H groups in total. The number of amides is 1. The Bertz CT molecular complexity index is 432. The first-order valence-electron chi connectivity index (χ1n) is 5.79. The van der Waals surface area contributed by atoms with E-state index in [1.165, 1.54) is 0 Å². The van der Waals surface area contributed by atoms with Crippen LogP contribution in [0, 0.1) is 0 Å². The third-order valence-electron chi connectivity index (χ3n) is 2.69. The normalized spacial score (nSPS) is 16.2. The van der Waals surface area contributed by atoms with Crippen molar-refractivity contribution in [2.75, 3.05) is 26.2 Å². The van der Waals surface area contributed by atoms with Gasteiger partial charge in [0.25, 0.3) is 0 Å². The summed E-state index contributed by atoms with van der Waals surface area (Å²) < 4.78 is 5.26. The van der Waals surface area contributed by atoms with Gasteiger partial charge in [-0.1, -0.05) is 23.2 Å². The van der Waals surface area contributed by atoms with Gasteiger partial charge in [0, 0.05) is 24.7 Å². The van der Waals surface area contributed by atoms with Crippen LogP contribution in [0.4, 0.5) is 4.79 Å². The molecule has 2 rings (SSSR count). The molecule has 0 atom stereocenters. The van der Waals surface area contributed by atoms with Gasteiger partial charge >= 0.3 is 6.09 Å². The summed E-state index contributed by atoms with van der Waals surface area (Å²) in [4.78, 5) is 13.6. The first-order chi connectivity index (χ1) is 8.66. The Kier molecular flexibility index (Phi) is 4.69. The molecule has 0 aromatic heterocycles. The van der Waals surface area contributed by atoms with Crippen LogP contribution >= 0.6 is 23.2 Å². The highest BCUT2D eigenvalue weighted by molar-refractivity contribution is 6.35. The summed E-state index contributed by atoms with van der Waals surface area (Å²) >= 11 is 11.7. The molecule has 1 saturated heterocycles. The molecule has 98 valence electrons. The molecular formula is C12H14Cl2N2O2. The van der Waals surface area contributed by atoms with Crippen molar-refractivity contribution in [1.82, 2.24) is 10.2 Å². The average Bonchev–Trinajstić information content (AvgIpc) is 2.61. The van der Waals surface area contributed by atoms with Crippen molar-refractivity contribution in [2.24, 2.45) is 0 Å². The molecule has 1 fully saturated rings. The average molecular weight is 289 g/mol. The second kappa shape index (κ2) is 6.27. The Morgan fingerprint density at radius 1 is 1.28 bits per heavy atom. The Labute approximate surface area is 116 Å². The fourth-order valence-electron chi connectivity index (χ4n) is 1.74. The van der Waals surface area contributed by atoms with Gasteiger partial charge in [0.1, 0.15) is 0 Å². The van der Waals surface area contributed by atoms with Gasteiger partial charge in [0.15, 0.2) is 5.75 Å². The lowest BCUT2D eigenvalue weighted by Crippen LogP contribution is -2.36. The summed E-state index contributed by atoms with van der Waals surface area (Å²) in [5.74, 6) is 0.336. The number of halogens is 2. The lowest BCUT2D eigenvalue weighted by Gasteiger charge is -2.19. The quantitative estimate of drug-likeness (QED) is 0.864. The van der Waals surface area contributed by atoms with Gasteiger partial charge < -0.3 is 15.0 Å². The minimum Gasteiger partial charge on any atom is -0.409 e. The van der Waals surface area contributed by atoms with E-state index in [1.54, 1.807) is 23.1 Å². The highest BCUT2D eigenvalue weighted by Gasteiger charge is 2.18. The largest absolute Gasteiger partial charge is 0.415 e. The topological polar surface area (TPSA) is 41.6 Å². The lowest BCUT2D eigenvalue weighted by atomic mass is 10.3. The van der Waals surface area contributed by atoms with E-state index in [0.717, 1.165) is 19.5 Å². The van der Waals surface area contributed by atoms with Crippen LogP contribution in [-0.4, -0.2) is 37.2 Å². The summed E-state index contributed by atoms with van der Waals surface area (Å²) in [7, 11) is 0. The van der Waals surface area contributed by atoms with Crippen molar-refractivity contribution in [3.8, 4) is 5.75 Å². The molecule has 18 heavy (non-hydrogen) atoms. The Morgan fingerprint density at radius 2 is 2.11 bits per heavy atom. The molecule has 0 spiro atoms. The third kappa shape index (κ3) is 3.51. The number of carbonyl (C=O) groups excluding carboxylic acids is 1. The summed E-state index contributed by atoms with van der Waals surface area (Å²) in [5.41, 5.74) is 0.